The van der Waals surface area contributed by atoms with E-state index in [1.807, 2.05) is 63.2 Å². The Balaban J connectivity index is 1.33. The number of likely N-dealkylation sites (tertiary alicyclic amines) is 1. The van der Waals surface area contributed by atoms with Gasteiger partial charge >= 0.3 is 0 Å². The van der Waals surface area contributed by atoms with Gasteiger partial charge in [0.25, 0.3) is 5.91 Å². The number of hydrogen-bond acceptors (Lipinski definition) is 9. The van der Waals surface area contributed by atoms with Gasteiger partial charge in [-0.1, -0.05) is 63.3 Å². The molecule has 3 N–H and O–H groups in total. The predicted molar refractivity (Wildman–Crippen MR) is 213 cm³/mol. The number of amides is 4. The van der Waals surface area contributed by atoms with Crippen molar-refractivity contribution in [2.24, 2.45) is 11.3 Å². The van der Waals surface area contributed by atoms with Crippen molar-refractivity contribution in [3.05, 3.63) is 79.9 Å². The van der Waals surface area contributed by atoms with Crippen LogP contribution in [0.15, 0.2) is 79.9 Å². The summed E-state index contributed by atoms with van der Waals surface area (Å²) in [5.41, 5.74) is -0.188. The van der Waals surface area contributed by atoms with Crippen LogP contribution < -0.4 is 24.8 Å². The van der Waals surface area contributed by atoms with Gasteiger partial charge in [0.15, 0.2) is 0 Å². The smallest absolute Gasteiger partial charge is 0.259 e. The van der Waals surface area contributed by atoms with Gasteiger partial charge in [0, 0.05) is 41.8 Å². The highest BCUT2D eigenvalue weighted by atomic mass is 32.2. The standard InChI is InChI=1S/C42H51N5O8S/c1-7-9-11-16-36(48)44-37(41(3,4)5)39(50)47-25-29(22-34(47)38(49)45-42(24-27(42)8-2)40(51)46-56(52,53)30-18-19-30)55-35-23-32(26-14-12-10-13-15-26)43-33-21-28(54-6)17-20-31(33)35/h7-8,10,12-15,17,20-21,23,27,29-30,34,37H,1-2,9,11,16,18-19,22,24-25H2,3-6H3,(H,44,48)(H,45,49)(H,46,51)/t27-,29-,34+,37?,42-/m1/s1. The molecule has 6 rings (SSSR count). The molecule has 56 heavy (non-hydrogen) atoms. The number of pyridine rings is 1. The average Bonchev–Trinajstić information content (AvgIpc) is 4.10. The van der Waals surface area contributed by atoms with E-state index in [9.17, 15) is 27.6 Å². The molecular formula is C42H51N5O8S. The molecule has 0 spiro atoms. The second kappa shape index (κ2) is 16.1. The van der Waals surface area contributed by atoms with Crippen LogP contribution in [-0.2, 0) is 29.2 Å². The molecule has 3 fully saturated rings. The highest BCUT2D eigenvalue weighted by Gasteiger charge is 2.62. The van der Waals surface area contributed by atoms with Crippen molar-refractivity contribution in [1.29, 1.82) is 0 Å². The number of allylic oxidation sites excluding steroid dienone is 1. The lowest BCUT2D eigenvalue weighted by Gasteiger charge is -2.35. The molecule has 14 heteroatoms. The summed E-state index contributed by atoms with van der Waals surface area (Å²) in [7, 11) is -2.33. The van der Waals surface area contributed by atoms with E-state index in [4.69, 9.17) is 14.5 Å². The summed E-state index contributed by atoms with van der Waals surface area (Å²) in [6, 6.07) is 14.7. The number of carbonyl (C=O) groups excluding carboxylic acids is 4. The third-order valence-electron chi connectivity index (χ3n) is 10.7. The summed E-state index contributed by atoms with van der Waals surface area (Å²) in [6.07, 6.45) is 5.03. The second-order valence-electron chi connectivity index (χ2n) is 16.0. The number of sulfonamides is 1. The first-order valence-corrected chi connectivity index (χ1v) is 20.6. The quantitative estimate of drug-likeness (QED) is 0.136. The Morgan fingerprint density at radius 2 is 1.80 bits per heavy atom. The largest absolute Gasteiger partial charge is 0.497 e. The molecule has 1 aliphatic heterocycles. The SMILES string of the molecule is C=CCCCC(=O)NC(C(=O)N1C[C@H](Oc2cc(-c3ccccc3)nc3cc(OC)ccc23)C[C@H]1C(=O)N[C@]1(C(=O)NS(=O)(=O)C2CC2)C[C@H]1C=C)C(C)(C)C. The van der Waals surface area contributed by atoms with Crippen molar-refractivity contribution in [3.63, 3.8) is 0 Å². The number of fused-ring (bicyclic) bond motifs is 1. The first-order valence-electron chi connectivity index (χ1n) is 19.0. The van der Waals surface area contributed by atoms with Gasteiger partial charge in [0.2, 0.25) is 27.7 Å². The first kappa shape index (κ1) is 40.4. The van der Waals surface area contributed by atoms with Crippen molar-refractivity contribution in [3.8, 4) is 22.8 Å². The van der Waals surface area contributed by atoms with Crippen molar-refractivity contribution in [2.75, 3.05) is 13.7 Å². The molecule has 2 heterocycles. The first-order chi connectivity index (χ1) is 26.6. The lowest BCUT2D eigenvalue weighted by atomic mass is 9.85. The normalized spacial score (nSPS) is 22.4. The number of nitrogens with zero attached hydrogens (tertiary/aromatic N) is 2. The molecule has 0 radical (unpaired) electrons. The average molecular weight is 786 g/mol. The van der Waals surface area contributed by atoms with Gasteiger partial charge in [0.1, 0.15) is 35.2 Å². The Morgan fingerprint density at radius 3 is 2.43 bits per heavy atom. The van der Waals surface area contributed by atoms with E-state index in [0.29, 0.717) is 53.8 Å². The van der Waals surface area contributed by atoms with E-state index in [2.05, 4.69) is 28.5 Å². The number of benzene rings is 2. The fourth-order valence-electron chi connectivity index (χ4n) is 7.19. The monoisotopic (exact) mass is 785 g/mol. The van der Waals surface area contributed by atoms with Crippen LogP contribution in [0.25, 0.3) is 22.2 Å². The van der Waals surface area contributed by atoms with Crippen LogP contribution in [0, 0.1) is 11.3 Å². The topological polar surface area (TPSA) is 173 Å². The predicted octanol–water partition coefficient (Wildman–Crippen LogP) is 4.82. The highest BCUT2D eigenvalue weighted by Crippen LogP contribution is 2.46. The number of ether oxygens (including phenoxy) is 2. The van der Waals surface area contributed by atoms with Gasteiger partial charge < -0.3 is 25.0 Å². The zero-order valence-electron chi connectivity index (χ0n) is 32.4. The summed E-state index contributed by atoms with van der Waals surface area (Å²) >= 11 is 0. The Hall–Kier alpha value is -5.24. The van der Waals surface area contributed by atoms with Crippen LogP contribution in [0.4, 0.5) is 0 Å². The molecule has 2 aliphatic carbocycles. The third kappa shape index (κ3) is 8.75. The van der Waals surface area contributed by atoms with Crippen LogP contribution >= 0.6 is 0 Å². The summed E-state index contributed by atoms with van der Waals surface area (Å²) in [4.78, 5) is 62.1. The highest BCUT2D eigenvalue weighted by molar-refractivity contribution is 7.91. The Morgan fingerprint density at radius 1 is 1.07 bits per heavy atom. The van der Waals surface area contributed by atoms with Crippen molar-refractivity contribution >= 4 is 44.6 Å². The minimum absolute atomic E-state index is 0.0172. The van der Waals surface area contributed by atoms with Gasteiger partial charge in [-0.05, 0) is 49.7 Å². The number of unbranched alkanes of at least 4 members (excludes halogenated alkanes) is 1. The lowest BCUT2D eigenvalue weighted by molar-refractivity contribution is -0.144. The van der Waals surface area contributed by atoms with Crippen molar-refractivity contribution in [2.45, 2.75) is 94.7 Å². The Labute approximate surface area is 328 Å². The van der Waals surface area contributed by atoms with Crippen LogP contribution in [0.5, 0.6) is 11.5 Å². The molecule has 1 unspecified atom stereocenters. The summed E-state index contributed by atoms with van der Waals surface area (Å²) in [5.74, 6) is -1.71. The van der Waals surface area contributed by atoms with Gasteiger partial charge in [-0.3, -0.25) is 23.9 Å². The summed E-state index contributed by atoms with van der Waals surface area (Å²) in [6.45, 7) is 13.0. The molecule has 1 aromatic heterocycles. The maximum atomic E-state index is 14.7. The Bertz CT molecular complexity index is 2130. The number of methoxy groups -OCH3 is 1. The summed E-state index contributed by atoms with van der Waals surface area (Å²) in [5, 5.41) is 5.79. The fourth-order valence-corrected chi connectivity index (χ4v) is 8.55. The van der Waals surface area contributed by atoms with Gasteiger partial charge in [-0.15, -0.1) is 13.2 Å². The zero-order chi connectivity index (χ0) is 40.4. The number of carbonyl (C=O) groups is 4. The molecule has 0 bridgehead atoms. The lowest BCUT2D eigenvalue weighted by Crippen LogP contribution is -2.60. The van der Waals surface area contributed by atoms with E-state index < -0.39 is 68.1 Å². The van der Waals surface area contributed by atoms with Crippen molar-refractivity contribution < 1.29 is 37.1 Å². The number of nitrogens with one attached hydrogen (secondary N) is 3. The van der Waals surface area contributed by atoms with Crippen molar-refractivity contribution in [1.82, 2.24) is 25.2 Å². The number of rotatable bonds is 16. The minimum Gasteiger partial charge on any atom is -0.497 e. The van der Waals surface area contributed by atoms with Crippen LogP contribution in [0.1, 0.15) is 65.7 Å². The second-order valence-corrected chi connectivity index (χ2v) is 17.9. The van der Waals surface area contributed by atoms with E-state index in [-0.39, 0.29) is 31.7 Å². The number of aromatic nitrogens is 1. The molecular weight excluding hydrogens is 735 g/mol. The third-order valence-corrected chi connectivity index (χ3v) is 12.5. The van der Waals surface area contributed by atoms with Crippen LogP contribution in [-0.4, -0.2) is 84.6 Å². The molecule has 298 valence electrons. The molecule has 5 atom stereocenters. The van der Waals surface area contributed by atoms with Crippen LogP contribution in [0.2, 0.25) is 0 Å². The van der Waals surface area contributed by atoms with Gasteiger partial charge in [-0.25, -0.2) is 13.4 Å². The zero-order valence-corrected chi connectivity index (χ0v) is 33.2. The summed E-state index contributed by atoms with van der Waals surface area (Å²) < 4.78 is 39.9. The molecule has 1 saturated heterocycles. The van der Waals surface area contributed by atoms with E-state index in [1.165, 1.54) is 11.0 Å². The van der Waals surface area contributed by atoms with Crippen LogP contribution in [0.3, 0.4) is 0 Å². The van der Waals surface area contributed by atoms with E-state index >= 15 is 0 Å². The minimum atomic E-state index is -3.91. The molecule has 3 aromatic rings. The molecule has 13 nitrogen and oxygen atoms in total. The van der Waals surface area contributed by atoms with Gasteiger partial charge in [-0.2, -0.15) is 0 Å². The molecule has 3 aliphatic rings. The van der Waals surface area contributed by atoms with E-state index in [0.717, 1.165) is 5.56 Å². The number of hydrogen-bond donors (Lipinski definition) is 3. The molecule has 4 amide bonds. The van der Waals surface area contributed by atoms with E-state index in [1.54, 1.807) is 25.3 Å². The Kier molecular flexibility index (Phi) is 11.6. The maximum Gasteiger partial charge on any atom is 0.259 e. The fraction of sp³-hybridized carbons (Fsp3) is 0.452. The molecule has 2 aromatic carbocycles. The maximum absolute atomic E-state index is 14.7. The molecule has 2 saturated carbocycles. The van der Waals surface area contributed by atoms with Gasteiger partial charge in [0.05, 0.1) is 30.1 Å².